The number of carbonyl (C=O) groups is 1. The van der Waals surface area contributed by atoms with E-state index in [0.717, 1.165) is 5.56 Å². The minimum absolute atomic E-state index is 0.00577. The third kappa shape index (κ3) is 4.54. The van der Waals surface area contributed by atoms with Gasteiger partial charge in [-0.25, -0.2) is 0 Å². The zero-order valence-electron chi connectivity index (χ0n) is 11.6. The van der Waals surface area contributed by atoms with Crippen LogP contribution < -0.4 is 15.8 Å². The van der Waals surface area contributed by atoms with Gasteiger partial charge in [-0.3, -0.25) is 10.1 Å². The molecule has 0 spiro atoms. The number of nitrogens with one attached hydrogen (secondary N) is 1. The third-order valence-corrected chi connectivity index (χ3v) is 2.78. The summed E-state index contributed by atoms with van der Waals surface area (Å²) in [5, 5.41) is 12.1. The summed E-state index contributed by atoms with van der Waals surface area (Å²) in [6.45, 7) is 5.75. The SMILES string of the molecule is CC(C)NC(C)(COc1ccc(CO)cc1)C(N)=O. The first-order valence-corrected chi connectivity index (χ1v) is 6.27. The van der Waals surface area contributed by atoms with Gasteiger partial charge in [0.2, 0.25) is 5.91 Å². The molecule has 0 fully saturated rings. The highest BCUT2D eigenvalue weighted by Gasteiger charge is 2.32. The maximum absolute atomic E-state index is 11.5. The molecule has 1 amide bonds. The van der Waals surface area contributed by atoms with E-state index in [-0.39, 0.29) is 19.3 Å². The number of aliphatic hydroxyl groups is 1. The highest BCUT2D eigenvalue weighted by molar-refractivity contribution is 5.84. The van der Waals surface area contributed by atoms with Crippen molar-refractivity contribution in [2.45, 2.75) is 39.0 Å². The van der Waals surface area contributed by atoms with Crippen molar-refractivity contribution >= 4 is 5.91 Å². The number of aliphatic hydroxyl groups excluding tert-OH is 1. The summed E-state index contributed by atoms with van der Waals surface area (Å²) in [4.78, 5) is 11.5. The van der Waals surface area contributed by atoms with Crippen LogP contribution in [0.5, 0.6) is 5.75 Å². The Labute approximate surface area is 113 Å². The Morgan fingerprint density at radius 2 is 2.00 bits per heavy atom. The Balaban J connectivity index is 2.67. The number of hydrogen-bond donors (Lipinski definition) is 3. The van der Waals surface area contributed by atoms with Gasteiger partial charge < -0.3 is 15.6 Å². The molecule has 1 aromatic rings. The lowest BCUT2D eigenvalue weighted by atomic mass is 10.0. The average molecular weight is 266 g/mol. The predicted molar refractivity (Wildman–Crippen MR) is 73.7 cm³/mol. The van der Waals surface area contributed by atoms with Crippen molar-refractivity contribution in [1.82, 2.24) is 5.32 Å². The summed E-state index contributed by atoms with van der Waals surface area (Å²) in [7, 11) is 0. The molecular weight excluding hydrogens is 244 g/mol. The van der Waals surface area contributed by atoms with Gasteiger partial charge in [0.25, 0.3) is 0 Å². The smallest absolute Gasteiger partial charge is 0.240 e. The first-order valence-electron chi connectivity index (χ1n) is 6.27. The lowest BCUT2D eigenvalue weighted by molar-refractivity contribution is -0.125. The summed E-state index contributed by atoms with van der Waals surface area (Å²) >= 11 is 0. The van der Waals surface area contributed by atoms with Gasteiger partial charge in [-0.1, -0.05) is 12.1 Å². The molecule has 0 bridgehead atoms. The fraction of sp³-hybridized carbons (Fsp3) is 0.500. The number of carbonyl (C=O) groups excluding carboxylic acids is 1. The van der Waals surface area contributed by atoms with E-state index in [1.54, 1.807) is 31.2 Å². The van der Waals surface area contributed by atoms with Crippen LogP contribution in [0, 0.1) is 0 Å². The standard InChI is InChI=1S/C14H22N2O3/c1-10(2)16-14(3,13(15)18)9-19-12-6-4-11(8-17)5-7-12/h4-7,10,16-17H,8-9H2,1-3H3,(H2,15,18). The first kappa shape index (κ1) is 15.5. The number of amides is 1. The van der Waals surface area contributed by atoms with E-state index >= 15 is 0 Å². The number of benzene rings is 1. The molecule has 19 heavy (non-hydrogen) atoms. The fourth-order valence-corrected chi connectivity index (χ4v) is 1.74. The zero-order valence-corrected chi connectivity index (χ0v) is 11.6. The molecule has 0 aliphatic heterocycles. The van der Waals surface area contributed by atoms with Crippen molar-refractivity contribution in [3.05, 3.63) is 29.8 Å². The summed E-state index contributed by atoms with van der Waals surface area (Å²) in [5.74, 6) is 0.184. The van der Waals surface area contributed by atoms with Gasteiger partial charge in [-0.15, -0.1) is 0 Å². The van der Waals surface area contributed by atoms with Crippen molar-refractivity contribution in [3.8, 4) is 5.75 Å². The first-order chi connectivity index (χ1) is 8.87. The molecule has 1 rings (SSSR count). The maximum Gasteiger partial charge on any atom is 0.240 e. The van der Waals surface area contributed by atoms with E-state index in [1.165, 1.54) is 0 Å². The highest BCUT2D eigenvalue weighted by Crippen LogP contribution is 2.15. The predicted octanol–water partition coefficient (Wildman–Crippen LogP) is 0.800. The normalized spacial score (nSPS) is 14.2. The van der Waals surface area contributed by atoms with Crippen LogP contribution in [0.3, 0.4) is 0 Å². The van der Waals surface area contributed by atoms with Crippen LogP contribution in [0.1, 0.15) is 26.3 Å². The van der Waals surface area contributed by atoms with E-state index in [2.05, 4.69) is 5.32 Å². The molecule has 0 saturated heterocycles. The minimum atomic E-state index is -0.913. The Bertz CT molecular complexity index is 417. The number of hydrogen-bond acceptors (Lipinski definition) is 4. The van der Waals surface area contributed by atoms with Crippen LogP contribution in [-0.4, -0.2) is 29.2 Å². The summed E-state index contributed by atoms with van der Waals surface area (Å²) in [5.41, 5.74) is 5.31. The molecule has 0 aliphatic carbocycles. The summed E-state index contributed by atoms with van der Waals surface area (Å²) in [6.07, 6.45) is 0. The molecule has 4 N–H and O–H groups in total. The molecule has 1 unspecified atom stereocenters. The van der Waals surface area contributed by atoms with Crippen molar-refractivity contribution in [3.63, 3.8) is 0 Å². The highest BCUT2D eigenvalue weighted by atomic mass is 16.5. The van der Waals surface area contributed by atoms with Gasteiger partial charge in [0.15, 0.2) is 0 Å². The van der Waals surface area contributed by atoms with Crippen molar-refractivity contribution < 1.29 is 14.6 Å². The van der Waals surface area contributed by atoms with Gasteiger partial charge in [-0.05, 0) is 38.5 Å². The zero-order chi connectivity index (χ0) is 14.5. The number of ether oxygens (including phenoxy) is 1. The lowest BCUT2D eigenvalue weighted by Crippen LogP contribution is -2.59. The Kier molecular flexibility index (Phi) is 5.32. The molecule has 0 radical (unpaired) electrons. The van der Waals surface area contributed by atoms with E-state index in [0.29, 0.717) is 5.75 Å². The van der Waals surface area contributed by atoms with E-state index < -0.39 is 11.4 Å². The number of nitrogens with two attached hydrogens (primary N) is 1. The minimum Gasteiger partial charge on any atom is -0.491 e. The van der Waals surface area contributed by atoms with Crippen molar-refractivity contribution in [2.75, 3.05) is 6.61 Å². The molecule has 0 aromatic heterocycles. The van der Waals surface area contributed by atoms with E-state index in [9.17, 15) is 4.79 Å². The van der Waals surface area contributed by atoms with Crippen LogP contribution >= 0.6 is 0 Å². The van der Waals surface area contributed by atoms with Crippen LogP contribution in [0.4, 0.5) is 0 Å². The molecular formula is C14H22N2O3. The average Bonchev–Trinajstić information content (AvgIpc) is 2.36. The molecule has 0 saturated carbocycles. The molecule has 1 aromatic carbocycles. The van der Waals surface area contributed by atoms with Gasteiger partial charge in [0.1, 0.15) is 17.9 Å². The molecule has 1 atom stereocenters. The molecule has 5 heteroatoms. The fourth-order valence-electron chi connectivity index (χ4n) is 1.74. The Morgan fingerprint density at radius 1 is 1.42 bits per heavy atom. The monoisotopic (exact) mass is 266 g/mol. The van der Waals surface area contributed by atoms with E-state index in [1.807, 2.05) is 13.8 Å². The van der Waals surface area contributed by atoms with Crippen LogP contribution in [0.15, 0.2) is 24.3 Å². The largest absolute Gasteiger partial charge is 0.491 e. The summed E-state index contributed by atoms with van der Waals surface area (Å²) in [6, 6.07) is 7.17. The second kappa shape index (κ2) is 6.54. The second-order valence-corrected chi connectivity index (χ2v) is 5.09. The molecule has 5 nitrogen and oxygen atoms in total. The van der Waals surface area contributed by atoms with Crippen LogP contribution in [0.25, 0.3) is 0 Å². The topological polar surface area (TPSA) is 84.6 Å². The van der Waals surface area contributed by atoms with Crippen LogP contribution in [0.2, 0.25) is 0 Å². The molecule has 106 valence electrons. The van der Waals surface area contributed by atoms with Gasteiger partial charge in [0.05, 0.1) is 6.61 Å². The number of primary amides is 1. The summed E-state index contributed by atoms with van der Waals surface area (Å²) < 4.78 is 5.59. The Morgan fingerprint density at radius 3 is 2.42 bits per heavy atom. The molecule has 0 aliphatic rings. The third-order valence-electron chi connectivity index (χ3n) is 2.78. The lowest BCUT2D eigenvalue weighted by Gasteiger charge is -2.29. The van der Waals surface area contributed by atoms with Gasteiger partial charge >= 0.3 is 0 Å². The Hall–Kier alpha value is -1.59. The van der Waals surface area contributed by atoms with Gasteiger partial charge in [0, 0.05) is 6.04 Å². The van der Waals surface area contributed by atoms with Crippen LogP contribution in [-0.2, 0) is 11.4 Å². The maximum atomic E-state index is 11.5. The van der Waals surface area contributed by atoms with E-state index in [4.69, 9.17) is 15.6 Å². The van der Waals surface area contributed by atoms with Gasteiger partial charge in [-0.2, -0.15) is 0 Å². The number of rotatable bonds is 7. The van der Waals surface area contributed by atoms with Crippen molar-refractivity contribution in [2.24, 2.45) is 5.73 Å². The molecule has 0 heterocycles. The quantitative estimate of drug-likeness (QED) is 0.681. The second-order valence-electron chi connectivity index (χ2n) is 5.09. The van der Waals surface area contributed by atoms with Crippen molar-refractivity contribution in [1.29, 1.82) is 0 Å².